The van der Waals surface area contributed by atoms with Gasteiger partial charge in [-0.05, 0) is 31.0 Å². The van der Waals surface area contributed by atoms with E-state index in [1.807, 2.05) is 4.90 Å². The summed E-state index contributed by atoms with van der Waals surface area (Å²) in [6, 6.07) is 4.87. The number of hydrogen-bond acceptors (Lipinski definition) is 1. The maximum absolute atomic E-state index is 12.5. The van der Waals surface area contributed by atoms with Crippen LogP contribution < -0.4 is 5.73 Å². The van der Waals surface area contributed by atoms with Crippen molar-refractivity contribution in [3.8, 4) is 0 Å². The maximum Gasteiger partial charge on any atom is 0.416 e. The Morgan fingerprint density at radius 2 is 1.89 bits per heavy atom. The van der Waals surface area contributed by atoms with Crippen LogP contribution in [0.4, 0.5) is 18.9 Å². The Morgan fingerprint density at radius 3 is 2.50 bits per heavy atom. The first-order valence-electron chi connectivity index (χ1n) is 5.73. The molecular weight excluding hydrogens is 243 g/mol. The number of alkyl halides is 3. The van der Waals surface area contributed by atoms with Crippen LogP contribution in [0.5, 0.6) is 0 Å². The molecule has 2 N–H and O–H groups in total. The zero-order valence-electron chi connectivity index (χ0n) is 9.74. The van der Waals surface area contributed by atoms with E-state index in [2.05, 4.69) is 4.99 Å². The third-order valence-corrected chi connectivity index (χ3v) is 2.85. The number of likely N-dealkylation sites (tertiary alicyclic amines) is 1. The number of aliphatic imine (C=N–C) groups is 1. The Kier molecular flexibility index (Phi) is 3.45. The lowest BCUT2D eigenvalue weighted by atomic mass is 10.2. The highest BCUT2D eigenvalue weighted by Gasteiger charge is 2.30. The van der Waals surface area contributed by atoms with E-state index in [1.54, 1.807) is 0 Å². The van der Waals surface area contributed by atoms with Gasteiger partial charge in [-0.1, -0.05) is 6.07 Å². The van der Waals surface area contributed by atoms with Crippen molar-refractivity contribution in [1.82, 2.24) is 4.90 Å². The number of halogens is 3. The van der Waals surface area contributed by atoms with Crippen LogP contribution in [0.2, 0.25) is 0 Å². The molecular formula is C12H14F3N3. The van der Waals surface area contributed by atoms with Crippen LogP contribution in [-0.4, -0.2) is 23.9 Å². The number of rotatable bonds is 1. The van der Waals surface area contributed by atoms with Gasteiger partial charge in [0.05, 0.1) is 11.3 Å². The first-order chi connectivity index (χ1) is 8.47. The van der Waals surface area contributed by atoms with Crippen molar-refractivity contribution >= 4 is 11.6 Å². The van der Waals surface area contributed by atoms with Crippen LogP contribution in [0.25, 0.3) is 0 Å². The van der Waals surface area contributed by atoms with E-state index in [0.29, 0.717) is 0 Å². The van der Waals surface area contributed by atoms with Gasteiger partial charge in [0.1, 0.15) is 0 Å². The molecule has 0 saturated carbocycles. The summed E-state index contributed by atoms with van der Waals surface area (Å²) in [4.78, 5) is 5.91. The number of nitrogens with two attached hydrogens (primary N) is 1. The van der Waals surface area contributed by atoms with Crippen LogP contribution in [-0.2, 0) is 6.18 Å². The molecule has 1 aliphatic heterocycles. The summed E-state index contributed by atoms with van der Waals surface area (Å²) in [5.74, 6) is 0.284. The first kappa shape index (κ1) is 12.7. The third kappa shape index (κ3) is 2.94. The summed E-state index contributed by atoms with van der Waals surface area (Å²) in [5, 5.41) is 0. The molecule has 18 heavy (non-hydrogen) atoms. The van der Waals surface area contributed by atoms with Gasteiger partial charge >= 0.3 is 6.18 Å². The van der Waals surface area contributed by atoms with Crippen molar-refractivity contribution in [2.24, 2.45) is 10.7 Å². The Balaban J connectivity index is 2.20. The van der Waals surface area contributed by atoms with Crippen molar-refractivity contribution in [1.29, 1.82) is 0 Å². The Morgan fingerprint density at radius 1 is 1.22 bits per heavy atom. The van der Waals surface area contributed by atoms with Gasteiger partial charge in [-0.2, -0.15) is 13.2 Å². The fourth-order valence-electron chi connectivity index (χ4n) is 1.90. The van der Waals surface area contributed by atoms with Crippen molar-refractivity contribution in [2.75, 3.05) is 13.1 Å². The smallest absolute Gasteiger partial charge is 0.369 e. The largest absolute Gasteiger partial charge is 0.416 e. The Hall–Kier alpha value is -1.72. The molecule has 98 valence electrons. The summed E-state index contributed by atoms with van der Waals surface area (Å²) in [6.45, 7) is 1.63. The molecule has 0 radical (unpaired) electrons. The molecule has 0 spiro atoms. The zero-order valence-corrected chi connectivity index (χ0v) is 9.74. The predicted molar refractivity (Wildman–Crippen MR) is 63.5 cm³/mol. The molecule has 0 bridgehead atoms. The highest BCUT2D eigenvalue weighted by Crippen LogP contribution is 2.31. The lowest BCUT2D eigenvalue weighted by Crippen LogP contribution is -2.34. The van der Waals surface area contributed by atoms with E-state index < -0.39 is 11.7 Å². The second kappa shape index (κ2) is 4.88. The van der Waals surface area contributed by atoms with E-state index >= 15 is 0 Å². The molecule has 0 unspecified atom stereocenters. The van der Waals surface area contributed by atoms with E-state index in [-0.39, 0.29) is 11.6 Å². The summed E-state index contributed by atoms with van der Waals surface area (Å²) in [7, 11) is 0. The summed E-state index contributed by atoms with van der Waals surface area (Å²) >= 11 is 0. The molecule has 0 aromatic heterocycles. The van der Waals surface area contributed by atoms with Crippen LogP contribution in [0.1, 0.15) is 18.4 Å². The van der Waals surface area contributed by atoms with Crippen molar-refractivity contribution < 1.29 is 13.2 Å². The minimum atomic E-state index is -4.35. The van der Waals surface area contributed by atoms with Gasteiger partial charge in [-0.3, -0.25) is 0 Å². The van der Waals surface area contributed by atoms with Crippen molar-refractivity contribution in [2.45, 2.75) is 19.0 Å². The van der Waals surface area contributed by atoms with Gasteiger partial charge in [0.25, 0.3) is 0 Å². The van der Waals surface area contributed by atoms with Gasteiger partial charge in [-0.25, -0.2) is 4.99 Å². The third-order valence-electron chi connectivity index (χ3n) is 2.85. The molecule has 1 aromatic carbocycles. The first-order valence-corrected chi connectivity index (χ1v) is 5.73. The minimum Gasteiger partial charge on any atom is -0.369 e. The standard InChI is InChI=1S/C12H14F3N3/c13-12(14,15)9-4-3-5-10(8-9)17-11(16)18-6-1-2-7-18/h3-5,8H,1-2,6-7H2,(H2,16,17). The second-order valence-corrected chi connectivity index (χ2v) is 4.21. The SMILES string of the molecule is NC(=Nc1cccc(C(F)(F)F)c1)N1CCCC1. The molecule has 1 aliphatic rings. The minimum absolute atomic E-state index is 0.231. The number of hydrogen-bond donors (Lipinski definition) is 1. The van der Waals surface area contributed by atoms with E-state index in [0.717, 1.165) is 38.1 Å². The molecule has 1 fully saturated rings. The average molecular weight is 257 g/mol. The fourth-order valence-corrected chi connectivity index (χ4v) is 1.90. The fraction of sp³-hybridized carbons (Fsp3) is 0.417. The van der Waals surface area contributed by atoms with Gasteiger partial charge in [0.15, 0.2) is 5.96 Å². The number of guanidine groups is 1. The molecule has 2 rings (SSSR count). The average Bonchev–Trinajstić information content (AvgIpc) is 2.81. The summed E-state index contributed by atoms with van der Waals surface area (Å²) in [5.41, 5.74) is 5.29. The normalized spacial score (nSPS) is 17.3. The van der Waals surface area contributed by atoms with Gasteiger partial charge in [0, 0.05) is 13.1 Å². The van der Waals surface area contributed by atoms with Gasteiger partial charge in [-0.15, -0.1) is 0 Å². The van der Waals surface area contributed by atoms with Crippen LogP contribution in [0.3, 0.4) is 0 Å². The monoisotopic (exact) mass is 257 g/mol. The highest BCUT2D eigenvalue weighted by molar-refractivity contribution is 5.81. The lowest BCUT2D eigenvalue weighted by molar-refractivity contribution is -0.137. The quantitative estimate of drug-likeness (QED) is 0.621. The molecule has 0 aliphatic carbocycles. The second-order valence-electron chi connectivity index (χ2n) is 4.21. The van der Waals surface area contributed by atoms with E-state index in [9.17, 15) is 13.2 Å². The number of benzene rings is 1. The molecule has 0 atom stereocenters. The Labute approximate surface area is 103 Å². The topological polar surface area (TPSA) is 41.6 Å². The number of nitrogens with zero attached hydrogens (tertiary/aromatic N) is 2. The summed E-state index contributed by atoms with van der Waals surface area (Å²) in [6.07, 6.45) is -2.27. The lowest BCUT2D eigenvalue weighted by Gasteiger charge is -2.15. The van der Waals surface area contributed by atoms with Crippen LogP contribution in [0, 0.1) is 0 Å². The maximum atomic E-state index is 12.5. The molecule has 6 heteroatoms. The predicted octanol–water partition coefficient (Wildman–Crippen LogP) is 2.75. The molecule has 1 saturated heterocycles. The van der Waals surface area contributed by atoms with E-state index in [1.165, 1.54) is 12.1 Å². The van der Waals surface area contributed by atoms with Crippen molar-refractivity contribution in [3.05, 3.63) is 29.8 Å². The molecule has 1 aromatic rings. The Bertz CT molecular complexity index is 448. The van der Waals surface area contributed by atoms with E-state index in [4.69, 9.17) is 5.73 Å². The molecule has 1 heterocycles. The highest BCUT2D eigenvalue weighted by atomic mass is 19.4. The molecule has 3 nitrogen and oxygen atoms in total. The van der Waals surface area contributed by atoms with Gasteiger partial charge < -0.3 is 10.6 Å². The summed E-state index contributed by atoms with van der Waals surface area (Å²) < 4.78 is 37.5. The van der Waals surface area contributed by atoms with Crippen LogP contribution >= 0.6 is 0 Å². The zero-order chi connectivity index (χ0) is 13.2. The molecule has 0 amide bonds. The van der Waals surface area contributed by atoms with Gasteiger partial charge in [0.2, 0.25) is 0 Å². The van der Waals surface area contributed by atoms with Crippen LogP contribution in [0.15, 0.2) is 29.3 Å². The van der Waals surface area contributed by atoms with Crippen molar-refractivity contribution in [3.63, 3.8) is 0 Å².